The lowest BCUT2D eigenvalue weighted by molar-refractivity contribution is -0.121. The molecule has 130 valence electrons. The molecule has 2 aliphatic heterocycles. The highest BCUT2D eigenvalue weighted by molar-refractivity contribution is 5.95. The molecular formula is C18H24N2O4. The van der Waals surface area contributed by atoms with Crippen molar-refractivity contribution in [3.8, 4) is 11.5 Å². The molecule has 2 heterocycles. The van der Waals surface area contributed by atoms with E-state index in [4.69, 9.17) is 9.47 Å². The molecular weight excluding hydrogens is 308 g/mol. The molecule has 1 aromatic rings. The second kappa shape index (κ2) is 7.55. The number of nitrogens with zero attached hydrogens (tertiary/aromatic N) is 1. The van der Waals surface area contributed by atoms with Gasteiger partial charge in [0.05, 0.1) is 0 Å². The lowest BCUT2D eigenvalue weighted by Gasteiger charge is -2.33. The molecule has 0 bridgehead atoms. The third-order valence-electron chi connectivity index (χ3n) is 4.49. The summed E-state index contributed by atoms with van der Waals surface area (Å²) in [6.45, 7) is 4.28. The van der Waals surface area contributed by atoms with E-state index in [0.717, 1.165) is 25.8 Å². The standard InChI is InChI=1S/C18H24N2O4/c1-2-4-17(21)19-10-13-5-3-8-20(11-13)18(22)14-6-7-15-16(9-14)24-12-23-15/h6-7,9,13H,2-5,8,10-12H2,1H3,(H,19,21). The molecule has 2 aliphatic rings. The summed E-state index contributed by atoms with van der Waals surface area (Å²) in [5, 5.41) is 2.97. The van der Waals surface area contributed by atoms with Crippen LogP contribution in [0.2, 0.25) is 0 Å². The normalized spacial score (nSPS) is 19.2. The van der Waals surface area contributed by atoms with Gasteiger partial charge in [-0.1, -0.05) is 6.92 Å². The summed E-state index contributed by atoms with van der Waals surface area (Å²) in [6, 6.07) is 5.31. The first kappa shape index (κ1) is 16.6. The van der Waals surface area contributed by atoms with Crippen molar-refractivity contribution in [2.45, 2.75) is 32.6 Å². The monoisotopic (exact) mass is 332 g/mol. The van der Waals surface area contributed by atoms with Gasteiger partial charge in [0.1, 0.15) is 0 Å². The molecule has 6 nitrogen and oxygen atoms in total. The molecule has 0 saturated carbocycles. The summed E-state index contributed by atoms with van der Waals surface area (Å²) >= 11 is 0. The van der Waals surface area contributed by atoms with Crippen LogP contribution in [0.3, 0.4) is 0 Å². The molecule has 1 fully saturated rings. The van der Waals surface area contributed by atoms with E-state index >= 15 is 0 Å². The number of piperidine rings is 1. The lowest BCUT2D eigenvalue weighted by Crippen LogP contribution is -2.43. The zero-order valence-corrected chi connectivity index (χ0v) is 14.0. The maximum atomic E-state index is 12.7. The Morgan fingerprint density at radius 2 is 2.12 bits per heavy atom. The first-order valence-corrected chi connectivity index (χ1v) is 8.63. The molecule has 6 heteroatoms. The van der Waals surface area contributed by atoms with Crippen LogP contribution in [-0.2, 0) is 4.79 Å². The van der Waals surface area contributed by atoms with Crippen molar-refractivity contribution < 1.29 is 19.1 Å². The number of hydrogen-bond acceptors (Lipinski definition) is 4. The van der Waals surface area contributed by atoms with E-state index in [1.165, 1.54) is 0 Å². The summed E-state index contributed by atoms with van der Waals surface area (Å²) in [5.74, 6) is 1.73. The fourth-order valence-electron chi connectivity index (χ4n) is 3.20. The molecule has 24 heavy (non-hydrogen) atoms. The van der Waals surface area contributed by atoms with Crippen molar-refractivity contribution in [3.05, 3.63) is 23.8 Å². The quantitative estimate of drug-likeness (QED) is 0.897. The van der Waals surface area contributed by atoms with Crippen LogP contribution in [0.15, 0.2) is 18.2 Å². The SMILES string of the molecule is CCCC(=O)NCC1CCCN(C(=O)c2ccc3c(c2)OCO3)C1. The predicted molar refractivity (Wildman–Crippen MR) is 89.1 cm³/mol. The van der Waals surface area contributed by atoms with Crippen LogP contribution in [-0.4, -0.2) is 43.1 Å². The molecule has 0 aromatic heterocycles. The van der Waals surface area contributed by atoms with Crippen molar-refractivity contribution in [2.75, 3.05) is 26.4 Å². The Morgan fingerprint density at radius 1 is 1.29 bits per heavy atom. The van der Waals surface area contributed by atoms with Gasteiger partial charge in [-0.15, -0.1) is 0 Å². The van der Waals surface area contributed by atoms with Gasteiger partial charge in [0.25, 0.3) is 5.91 Å². The molecule has 1 saturated heterocycles. The largest absolute Gasteiger partial charge is 0.454 e. The molecule has 1 unspecified atom stereocenters. The second-order valence-corrected chi connectivity index (χ2v) is 6.38. The van der Waals surface area contributed by atoms with Crippen LogP contribution in [0.5, 0.6) is 11.5 Å². The lowest BCUT2D eigenvalue weighted by atomic mass is 9.97. The number of ether oxygens (including phenoxy) is 2. The van der Waals surface area contributed by atoms with Gasteiger partial charge >= 0.3 is 0 Å². The number of carbonyl (C=O) groups is 2. The van der Waals surface area contributed by atoms with E-state index in [-0.39, 0.29) is 18.6 Å². The molecule has 1 aromatic carbocycles. The molecule has 2 amide bonds. The maximum Gasteiger partial charge on any atom is 0.254 e. The van der Waals surface area contributed by atoms with Crippen LogP contribution < -0.4 is 14.8 Å². The Morgan fingerprint density at radius 3 is 2.96 bits per heavy atom. The smallest absolute Gasteiger partial charge is 0.254 e. The summed E-state index contributed by atoms with van der Waals surface area (Å²) in [7, 11) is 0. The Bertz CT molecular complexity index is 617. The molecule has 0 aliphatic carbocycles. The minimum atomic E-state index is 0.0119. The van der Waals surface area contributed by atoms with Crippen molar-refractivity contribution in [1.29, 1.82) is 0 Å². The third kappa shape index (κ3) is 3.80. The van der Waals surface area contributed by atoms with Gasteiger partial charge in [-0.2, -0.15) is 0 Å². The topological polar surface area (TPSA) is 67.9 Å². The van der Waals surface area contributed by atoms with Crippen LogP contribution in [0.1, 0.15) is 43.0 Å². The maximum absolute atomic E-state index is 12.7. The van der Waals surface area contributed by atoms with Crippen molar-refractivity contribution in [2.24, 2.45) is 5.92 Å². The van der Waals surface area contributed by atoms with Crippen LogP contribution >= 0.6 is 0 Å². The van der Waals surface area contributed by atoms with Crippen LogP contribution in [0.4, 0.5) is 0 Å². The summed E-state index contributed by atoms with van der Waals surface area (Å²) < 4.78 is 10.6. The van der Waals surface area contributed by atoms with Crippen molar-refractivity contribution in [3.63, 3.8) is 0 Å². The van der Waals surface area contributed by atoms with E-state index in [9.17, 15) is 9.59 Å². The molecule has 1 N–H and O–H groups in total. The molecule has 1 atom stereocenters. The number of rotatable bonds is 5. The third-order valence-corrected chi connectivity index (χ3v) is 4.49. The first-order valence-electron chi connectivity index (χ1n) is 8.63. The van der Waals surface area contributed by atoms with E-state index in [0.29, 0.717) is 42.5 Å². The Labute approximate surface area is 142 Å². The zero-order valence-electron chi connectivity index (χ0n) is 14.0. The Kier molecular flexibility index (Phi) is 5.23. The number of fused-ring (bicyclic) bond motifs is 1. The van der Waals surface area contributed by atoms with Gasteiger partial charge in [0.15, 0.2) is 11.5 Å². The van der Waals surface area contributed by atoms with Gasteiger partial charge in [-0.25, -0.2) is 0 Å². The van der Waals surface area contributed by atoms with Gasteiger partial charge in [-0.05, 0) is 43.4 Å². The van der Waals surface area contributed by atoms with Crippen molar-refractivity contribution >= 4 is 11.8 Å². The average molecular weight is 332 g/mol. The predicted octanol–water partition coefficient (Wildman–Crippen LogP) is 2.18. The molecule has 0 spiro atoms. The van der Waals surface area contributed by atoms with Crippen LogP contribution in [0, 0.1) is 5.92 Å². The van der Waals surface area contributed by atoms with Gasteiger partial charge in [0, 0.05) is 31.6 Å². The van der Waals surface area contributed by atoms with E-state index in [1.54, 1.807) is 18.2 Å². The number of likely N-dealkylation sites (tertiary alicyclic amines) is 1. The van der Waals surface area contributed by atoms with Crippen molar-refractivity contribution in [1.82, 2.24) is 10.2 Å². The Balaban J connectivity index is 1.58. The first-order chi connectivity index (χ1) is 11.7. The van der Waals surface area contributed by atoms with E-state index in [2.05, 4.69) is 5.32 Å². The highest BCUT2D eigenvalue weighted by Gasteiger charge is 2.26. The van der Waals surface area contributed by atoms with Gasteiger partial charge in [0.2, 0.25) is 12.7 Å². The molecule has 3 rings (SSSR count). The summed E-state index contributed by atoms with van der Waals surface area (Å²) in [5.41, 5.74) is 0.620. The van der Waals surface area contributed by atoms with Crippen LogP contribution in [0.25, 0.3) is 0 Å². The number of carbonyl (C=O) groups excluding carboxylic acids is 2. The average Bonchev–Trinajstić information content (AvgIpc) is 3.07. The van der Waals surface area contributed by atoms with Gasteiger partial charge < -0.3 is 19.7 Å². The number of amides is 2. The zero-order chi connectivity index (χ0) is 16.9. The summed E-state index contributed by atoms with van der Waals surface area (Å²) in [4.78, 5) is 26.2. The van der Waals surface area contributed by atoms with E-state index in [1.807, 2.05) is 11.8 Å². The molecule has 0 radical (unpaired) electrons. The van der Waals surface area contributed by atoms with E-state index < -0.39 is 0 Å². The number of hydrogen-bond donors (Lipinski definition) is 1. The summed E-state index contributed by atoms with van der Waals surface area (Å²) in [6.07, 6.45) is 3.42. The minimum Gasteiger partial charge on any atom is -0.454 e. The highest BCUT2D eigenvalue weighted by atomic mass is 16.7. The fraction of sp³-hybridized carbons (Fsp3) is 0.556. The minimum absolute atomic E-state index is 0.0119. The fourth-order valence-corrected chi connectivity index (χ4v) is 3.20. The Hall–Kier alpha value is -2.24. The van der Waals surface area contributed by atoms with Gasteiger partial charge in [-0.3, -0.25) is 9.59 Å². The highest BCUT2D eigenvalue weighted by Crippen LogP contribution is 2.33. The number of nitrogens with one attached hydrogen (secondary N) is 1. The second-order valence-electron chi connectivity index (χ2n) is 6.38. The number of benzene rings is 1.